The number of anilines is 1. The summed E-state index contributed by atoms with van der Waals surface area (Å²) in [5.74, 6) is -0.268. The summed E-state index contributed by atoms with van der Waals surface area (Å²) >= 11 is 0. The highest BCUT2D eigenvalue weighted by Crippen LogP contribution is 2.28. The second-order valence-electron chi connectivity index (χ2n) is 11.4. The Hall–Kier alpha value is -4.15. The lowest BCUT2D eigenvalue weighted by molar-refractivity contribution is -0.393. The molecule has 0 aliphatic heterocycles. The minimum Gasteiger partial charge on any atom is -0.379 e. The standard InChI is InChI=1S/C34H50N4O15S/c1-28-4-8-31(9-5-28)54(45,46)53-26-25-52-24-23-50-20-17-47-14-2-3-30(39)7-11-34(40)36-13-16-49-19-22-51-21-18-48-15-12-35-32-10-6-29(37(41)42)27-33(32)38(43)44/h4-6,8-10,27,35H,2-3,7,11-26H2,1H3,(H,36,40). The zero-order chi connectivity index (χ0) is 39.4. The molecule has 19 nitrogen and oxygen atoms in total. The molecule has 0 atom stereocenters. The molecule has 0 heterocycles. The van der Waals surface area contributed by atoms with Gasteiger partial charge in [-0.1, -0.05) is 17.7 Å². The Bertz CT molecular complexity index is 1530. The molecule has 0 spiro atoms. The van der Waals surface area contributed by atoms with E-state index in [0.29, 0.717) is 65.6 Å². The van der Waals surface area contributed by atoms with Gasteiger partial charge in [0.05, 0.1) is 100 Å². The summed E-state index contributed by atoms with van der Waals surface area (Å²) in [5, 5.41) is 27.5. The van der Waals surface area contributed by atoms with Crippen molar-refractivity contribution in [3.8, 4) is 0 Å². The topological polar surface area (TPSA) is 243 Å². The maximum absolute atomic E-state index is 12.1. The Morgan fingerprint density at radius 3 is 1.76 bits per heavy atom. The molecule has 0 aromatic heterocycles. The molecule has 20 heteroatoms. The maximum Gasteiger partial charge on any atom is 0.299 e. The number of ether oxygens (including phenoxy) is 6. The molecule has 54 heavy (non-hydrogen) atoms. The second kappa shape index (κ2) is 27.4. The van der Waals surface area contributed by atoms with Gasteiger partial charge >= 0.3 is 0 Å². The highest BCUT2D eigenvalue weighted by molar-refractivity contribution is 7.86. The van der Waals surface area contributed by atoms with Gasteiger partial charge in [-0.15, -0.1) is 0 Å². The lowest BCUT2D eigenvalue weighted by atomic mass is 10.1. The first-order valence-corrected chi connectivity index (χ1v) is 18.8. The van der Waals surface area contributed by atoms with E-state index in [2.05, 4.69) is 10.6 Å². The zero-order valence-electron chi connectivity index (χ0n) is 30.4. The Labute approximate surface area is 314 Å². The van der Waals surface area contributed by atoms with Crippen molar-refractivity contribution in [1.82, 2.24) is 5.32 Å². The van der Waals surface area contributed by atoms with Gasteiger partial charge in [-0.05, 0) is 31.5 Å². The van der Waals surface area contributed by atoms with E-state index in [1.165, 1.54) is 24.3 Å². The van der Waals surface area contributed by atoms with Crippen LogP contribution in [0.2, 0.25) is 0 Å². The van der Waals surface area contributed by atoms with Crippen molar-refractivity contribution >= 4 is 38.9 Å². The molecule has 2 rings (SSSR count). The minimum absolute atomic E-state index is 0.0279. The minimum atomic E-state index is -3.82. The van der Waals surface area contributed by atoms with Gasteiger partial charge in [-0.25, -0.2) is 0 Å². The number of ketones is 1. The van der Waals surface area contributed by atoms with E-state index in [1.54, 1.807) is 12.1 Å². The summed E-state index contributed by atoms with van der Waals surface area (Å²) in [7, 11) is -3.82. The monoisotopic (exact) mass is 786 g/mol. The summed E-state index contributed by atoms with van der Waals surface area (Å²) in [6.07, 6.45) is 1.07. The highest BCUT2D eigenvalue weighted by atomic mass is 32.2. The number of hydrogen-bond acceptors (Lipinski definition) is 16. The first-order valence-electron chi connectivity index (χ1n) is 17.4. The lowest BCUT2D eigenvalue weighted by Crippen LogP contribution is -2.28. The van der Waals surface area contributed by atoms with Crippen LogP contribution in [0.5, 0.6) is 0 Å². The number of aryl methyl sites for hydroxylation is 1. The number of rotatable bonds is 33. The van der Waals surface area contributed by atoms with Crippen LogP contribution in [0.15, 0.2) is 47.4 Å². The Morgan fingerprint density at radius 1 is 0.648 bits per heavy atom. The third-order valence-electron chi connectivity index (χ3n) is 7.16. The maximum atomic E-state index is 12.1. The van der Waals surface area contributed by atoms with Crippen LogP contribution >= 0.6 is 0 Å². The van der Waals surface area contributed by atoms with Crippen LogP contribution in [0.1, 0.15) is 31.2 Å². The van der Waals surface area contributed by atoms with Gasteiger partial charge in [0, 0.05) is 45.0 Å². The van der Waals surface area contributed by atoms with Crippen LogP contribution in [-0.4, -0.2) is 129 Å². The van der Waals surface area contributed by atoms with Gasteiger partial charge in [0.25, 0.3) is 21.5 Å². The number of nitrogens with zero attached hydrogens (tertiary/aromatic N) is 2. The molecule has 1 amide bonds. The summed E-state index contributed by atoms with van der Waals surface area (Å²) in [4.78, 5) is 44.7. The number of nitro benzene ring substituents is 2. The lowest BCUT2D eigenvalue weighted by Gasteiger charge is -2.09. The summed E-state index contributed by atoms with van der Waals surface area (Å²) in [6, 6.07) is 9.74. The van der Waals surface area contributed by atoms with Gasteiger partial charge in [-0.2, -0.15) is 8.42 Å². The fourth-order valence-electron chi connectivity index (χ4n) is 4.35. The van der Waals surface area contributed by atoms with Crippen molar-refractivity contribution in [3.05, 3.63) is 68.3 Å². The molecule has 0 fully saturated rings. The predicted molar refractivity (Wildman–Crippen MR) is 194 cm³/mol. The Kier molecular flexibility index (Phi) is 23.4. The van der Waals surface area contributed by atoms with Crippen molar-refractivity contribution in [3.63, 3.8) is 0 Å². The Balaban J connectivity index is 1.31. The van der Waals surface area contributed by atoms with E-state index in [4.69, 9.17) is 32.6 Å². The zero-order valence-corrected chi connectivity index (χ0v) is 31.2. The normalized spacial score (nSPS) is 11.4. The van der Waals surface area contributed by atoms with E-state index in [1.807, 2.05) is 6.92 Å². The van der Waals surface area contributed by atoms with Crippen LogP contribution in [-0.2, 0) is 52.3 Å². The van der Waals surface area contributed by atoms with E-state index < -0.39 is 25.7 Å². The Morgan fingerprint density at radius 2 is 1.19 bits per heavy atom. The fourth-order valence-corrected chi connectivity index (χ4v) is 5.24. The molecule has 0 aliphatic rings. The number of nitro groups is 2. The molecule has 302 valence electrons. The summed E-state index contributed by atoms with van der Waals surface area (Å²) < 4.78 is 61.5. The highest BCUT2D eigenvalue weighted by Gasteiger charge is 2.19. The number of carbonyl (C=O) groups is 2. The van der Waals surface area contributed by atoms with Crippen LogP contribution in [0.25, 0.3) is 0 Å². The van der Waals surface area contributed by atoms with Gasteiger partial charge in [0.1, 0.15) is 11.5 Å². The van der Waals surface area contributed by atoms with Crippen molar-refractivity contribution in [2.75, 3.05) is 104 Å². The van der Waals surface area contributed by atoms with E-state index in [9.17, 15) is 38.2 Å². The van der Waals surface area contributed by atoms with Gasteiger partial charge in [0.15, 0.2) is 0 Å². The van der Waals surface area contributed by atoms with Gasteiger partial charge < -0.3 is 39.1 Å². The average molecular weight is 787 g/mol. The number of hydrogen-bond donors (Lipinski definition) is 2. The third kappa shape index (κ3) is 20.9. The fraction of sp³-hybridized carbons (Fsp3) is 0.588. The number of nitrogens with one attached hydrogen (secondary N) is 2. The number of carbonyl (C=O) groups excluding carboxylic acids is 2. The first kappa shape index (κ1) is 46.0. The number of non-ortho nitro benzene ring substituents is 1. The van der Waals surface area contributed by atoms with Crippen molar-refractivity contribution in [2.24, 2.45) is 0 Å². The SMILES string of the molecule is Cc1ccc(S(=O)(=O)OCCOCCOCCOCCCC(=O)CCC(=O)NCCOCCOCCOCCNc2ccc([N+](=O)[O-])cc2[N+](=O)[O-])cc1. The van der Waals surface area contributed by atoms with Crippen molar-refractivity contribution in [2.45, 2.75) is 37.5 Å². The smallest absolute Gasteiger partial charge is 0.299 e. The second-order valence-corrected chi connectivity index (χ2v) is 13.0. The van der Waals surface area contributed by atoms with Crippen LogP contribution in [0.3, 0.4) is 0 Å². The van der Waals surface area contributed by atoms with Crippen LogP contribution in [0, 0.1) is 27.2 Å². The van der Waals surface area contributed by atoms with E-state index in [-0.39, 0.29) is 87.0 Å². The predicted octanol–water partition coefficient (Wildman–Crippen LogP) is 2.97. The van der Waals surface area contributed by atoms with Crippen LogP contribution < -0.4 is 10.6 Å². The van der Waals surface area contributed by atoms with E-state index >= 15 is 0 Å². The molecule has 0 radical (unpaired) electrons. The summed E-state index contributed by atoms with van der Waals surface area (Å²) in [6.45, 7) is 5.79. The number of amides is 1. The number of benzene rings is 2. The molecule has 0 aliphatic carbocycles. The molecular formula is C34H50N4O15S. The van der Waals surface area contributed by atoms with Gasteiger partial charge in [0.2, 0.25) is 5.91 Å². The first-order chi connectivity index (χ1) is 26.0. The molecule has 2 aromatic carbocycles. The third-order valence-corrected chi connectivity index (χ3v) is 8.48. The molecule has 0 unspecified atom stereocenters. The molecule has 2 aromatic rings. The molecule has 0 bridgehead atoms. The van der Waals surface area contributed by atoms with Crippen molar-refractivity contribution < 1.29 is 60.5 Å². The average Bonchev–Trinajstić information content (AvgIpc) is 3.14. The molecule has 0 saturated carbocycles. The molecular weight excluding hydrogens is 736 g/mol. The molecule has 0 saturated heterocycles. The largest absolute Gasteiger partial charge is 0.379 e. The summed E-state index contributed by atoms with van der Waals surface area (Å²) in [5.41, 5.74) is 0.345. The van der Waals surface area contributed by atoms with E-state index in [0.717, 1.165) is 11.6 Å². The number of Topliss-reactive ketones (excluding diaryl/α,β-unsaturated/α-hetero) is 1. The van der Waals surface area contributed by atoms with Crippen molar-refractivity contribution in [1.29, 1.82) is 0 Å². The molecule has 2 N–H and O–H groups in total. The van der Waals surface area contributed by atoms with Crippen LogP contribution in [0.4, 0.5) is 17.1 Å². The van der Waals surface area contributed by atoms with Gasteiger partial charge in [-0.3, -0.25) is 34.0 Å². The quantitative estimate of drug-likeness (QED) is 0.0457.